The fourth-order valence-electron chi connectivity index (χ4n) is 1.22. The Morgan fingerprint density at radius 3 is 2.93 bits per heavy atom. The van der Waals surface area contributed by atoms with Crippen LogP contribution >= 0.6 is 0 Å². The van der Waals surface area contributed by atoms with Crippen molar-refractivity contribution in [3.63, 3.8) is 0 Å². The molecule has 6 heteroatoms. The number of rotatable bonds is 4. The Hall–Kier alpha value is -1.85. The molecule has 0 amide bonds. The van der Waals surface area contributed by atoms with Gasteiger partial charge < -0.3 is 9.73 Å². The Labute approximate surface area is 87.3 Å². The van der Waals surface area contributed by atoms with Crippen LogP contribution in [0.2, 0.25) is 0 Å². The van der Waals surface area contributed by atoms with Gasteiger partial charge in [-0.15, -0.1) is 5.10 Å². The van der Waals surface area contributed by atoms with Gasteiger partial charge in [0.2, 0.25) is 5.89 Å². The van der Waals surface area contributed by atoms with Gasteiger partial charge in [-0.3, -0.25) is 4.68 Å². The van der Waals surface area contributed by atoms with Crippen molar-refractivity contribution < 1.29 is 4.42 Å². The summed E-state index contributed by atoms with van der Waals surface area (Å²) in [5.41, 5.74) is 1.09. The van der Waals surface area contributed by atoms with Crippen molar-refractivity contribution in [2.45, 2.75) is 26.9 Å². The van der Waals surface area contributed by atoms with E-state index in [1.54, 1.807) is 6.92 Å². The molecule has 0 radical (unpaired) electrons. The molecule has 6 nitrogen and oxygen atoms in total. The molecule has 0 aliphatic rings. The first kappa shape index (κ1) is 9.70. The first-order chi connectivity index (χ1) is 7.28. The average molecular weight is 207 g/mol. The Bertz CT molecular complexity index is 433. The smallest absolute Gasteiger partial charge is 0.315 e. The normalized spacial score (nSPS) is 10.5. The van der Waals surface area contributed by atoms with Crippen molar-refractivity contribution in [1.29, 1.82) is 0 Å². The number of nitrogens with one attached hydrogen (secondary N) is 1. The minimum absolute atomic E-state index is 0.441. The lowest BCUT2D eigenvalue weighted by atomic mass is 10.4. The van der Waals surface area contributed by atoms with Crippen LogP contribution in [0.3, 0.4) is 0 Å². The molecule has 2 heterocycles. The molecule has 0 saturated carbocycles. The van der Waals surface area contributed by atoms with Gasteiger partial charge in [0.25, 0.3) is 0 Å². The van der Waals surface area contributed by atoms with Crippen LogP contribution in [-0.2, 0) is 13.1 Å². The maximum absolute atomic E-state index is 5.18. The summed E-state index contributed by atoms with van der Waals surface area (Å²) in [5, 5.41) is 14.7. The zero-order chi connectivity index (χ0) is 10.7. The van der Waals surface area contributed by atoms with Gasteiger partial charge in [-0.05, 0) is 6.92 Å². The van der Waals surface area contributed by atoms with Crippen molar-refractivity contribution in [2.24, 2.45) is 0 Å². The van der Waals surface area contributed by atoms with E-state index >= 15 is 0 Å². The summed E-state index contributed by atoms with van der Waals surface area (Å²) in [4.78, 5) is 0. The SMILES string of the molecule is CCn1cc(CNc2nnc(C)o2)cn1. The minimum atomic E-state index is 0.441. The highest BCUT2D eigenvalue weighted by molar-refractivity contribution is 5.20. The van der Waals surface area contributed by atoms with Crippen molar-refractivity contribution in [3.05, 3.63) is 23.8 Å². The van der Waals surface area contributed by atoms with E-state index in [9.17, 15) is 0 Å². The summed E-state index contributed by atoms with van der Waals surface area (Å²) >= 11 is 0. The molecule has 2 rings (SSSR count). The maximum Gasteiger partial charge on any atom is 0.315 e. The summed E-state index contributed by atoms with van der Waals surface area (Å²) in [5.74, 6) is 0.557. The fourth-order valence-corrected chi connectivity index (χ4v) is 1.22. The van der Waals surface area contributed by atoms with Crippen LogP contribution in [0.25, 0.3) is 0 Å². The number of anilines is 1. The quantitative estimate of drug-likeness (QED) is 0.816. The van der Waals surface area contributed by atoms with Gasteiger partial charge in [0.1, 0.15) is 0 Å². The third-order valence-corrected chi connectivity index (χ3v) is 1.98. The van der Waals surface area contributed by atoms with Gasteiger partial charge in [-0.25, -0.2) is 0 Å². The summed E-state index contributed by atoms with van der Waals surface area (Å²) < 4.78 is 7.05. The molecule has 2 aromatic rings. The monoisotopic (exact) mass is 207 g/mol. The minimum Gasteiger partial charge on any atom is -0.408 e. The molecule has 0 saturated heterocycles. The standard InChI is InChI=1S/C9H13N5O/c1-3-14-6-8(5-11-14)4-10-9-13-12-7(2)15-9/h5-6H,3-4H2,1-2H3,(H,10,13). The summed E-state index contributed by atoms with van der Waals surface area (Å²) in [6, 6.07) is 0.441. The molecule has 2 aromatic heterocycles. The lowest BCUT2D eigenvalue weighted by Crippen LogP contribution is -1.98. The third-order valence-electron chi connectivity index (χ3n) is 1.98. The molecular formula is C9H13N5O. The molecule has 1 N–H and O–H groups in total. The zero-order valence-corrected chi connectivity index (χ0v) is 8.77. The molecule has 15 heavy (non-hydrogen) atoms. The molecule has 0 aromatic carbocycles. The van der Waals surface area contributed by atoms with Gasteiger partial charge in [0.15, 0.2) is 0 Å². The van der Waals surface area contributed by atoms with Crippen LogP contribution in [0.1, 0.15) is 18.4 Å². The first-order valence-corrected chi connectivity index (χ1v) is 4.83. The van der Waals surface area contributed by atoms with E-state index in [4.69, 9.17) is 4.42 Å². The second kappa shape index (κ2) is 4.12. The molecule has 80 valence electrons. The summed E-state index contributed by atoms with van der Waals surface area (Å²) in [6.45, 7) is 5.32. The average Bonchev–Trinajstić information content (AvgIpc) is 2.83. The van der Waals surface area contributed by atoms with Crippen molar-refractivity contribution >= 4 is 6.01 Å². The number of hydrogen-bond donors (Lipinski definition) is 1. The van der Waals surface area contributed by atoms with Crippen LogP contribution in [0, 0.1) is 6.92 Å². The van der Waals surface area contributed by atoms with Crippen molar-refractivity contribution in [1.82, 2.24) is 20.0 Å². The summed E-state index contributed by atoms with van der Waals surface area (Å²) in [7, 11) is 0. The van der Waals surface area contributed by atoms with Crippen LogP contribution < -0.4 is 5.32 Å². The van der Waals surface area contributed by atoms with E-state index in [2.05, 4.69) is 20.6 Å². The van der Waals surface area contributed by atoms with Crippen LogP contribution in [-0.4, -0.2) is 20.0 Å². The van der Waals surface area contributed by atoms with E-state index in [-0.39, 0.29) is 0 Å². The Balaban J connectivity index is 1.93. The molecule has 0 aliphatic carbocycles. The molecular weight excluding hydrogens is 194 g/mol. The third kappa shape index (κ3) is 2.34. The van der Waals surface area contributed by atoms with E-state index in [1.807, 2.05) is 24.0 Å². The van der Waals surface area contributed by atoms with E-state index in [1.165, 1.54) is 0 Å². The van der Waals surface area contributed by atoms with Gasteiger partial charge in [-0.1, -0.05) is 5.10 Å². The number of nitrogens with zero attached hydrogens (tertiary/aromatic N) is 4. The van der Waals surface area contributed by atoms with Crippen molar-refractivity contribution in [2.75, 3.05) is 5.32 Å². The second-order valence-corrected chi connectivity index (χ2v) is 3.18. The highest BCUT2D eigenvalue weighted by Gasteiger charge is 2.02. The Morgan fingerprint density at radius 2 is 2.33 bits per heavy atom. The Kier molecular flexibility index (Phi) is 2.66. The van der Waals surface area contributed by atoms with Gasteiger partial charge in [0.05, 0.1) is 6.20 Å². The molecule has 0 aliphatic heterocycles. The summed E-state index contributed by atoms with van der Waals surface area (Å²) in [6.07, 6.45) is 3.80. The second-order valence-electron chi connectivity index (χ2n) is 3.18. The highest BCUT2D eigenvalue weighted by atomic mass is 16.4. The predicted octanol–water partition coefficient (Wildman–Crippen LogP) is 1.21. The zero-order valence-electron chi connectivity index (χ0n) is 8.77. The number of aromatic nitrogens is 4. The maximum atomic E-state index is 5.18. The van der Waals surface area contributed by atoms with E-state index in [0.717, 1.165) is 12.1 Å². The van der Waals surface area contributed by atoms with Crippen LogP contribution in [0.15, 0.2) is 16.8 Å². The Morgan fingerprint density at radius 1 is 1.47 bits per heavy atom. The molecule has 0 spiro atoms. The number of aryl methyl sites for hydroxylation is 2. The lowest BCUT2D eigenvalue weighted by molar-refractivity contribution is 0.530. The van der Waals surface area contributed by atoms with Gasteiger partial charge >= 0.3 is 6.01 Å². The fraction of sp³-hybridized carbons (Fsp3) is 0.444. The highest BCUT2D eigenvalue weighted by Crippen LogP contribution is 2.06. The van der Waals surface area contributed by atoms with Crippen LogP contribution in [0.4, 0.5) is 6.01 Å². The first-order valence-electron chi connectivity index (χ1n) is 4.83. The van der Waals surface area contributed by atoms with Crippen molar-refractivity contribution in [3.8, 4) is 0 Å². The largest absolute Gasteiger partial charge is 0.408 e. The molecule has 0 unspecified atom stereocenters. The molecule has 0 atom stereocenters. The van der Waals surface area contributed by atoms with Gasteiger partial charge in [0, 0.05) is 31.8 Å². The molecule has 0 fully saturated rings. The van der Waals surface area contributed by atoms with E-state index < -0.39 is 0 Å². The predicted molar refractivity (Wildman–Crippen MR) is 54.3 cm³/mol. The topological polar surface area (TPSA) is 68.8 Å². The van der Waals surface area contributed by atoms with Crippen LogP contribution in [0.5, 0.6) is 0 Å². The molecule has 0 bridgehead atoms. The number of hydrogen-bond acceptors (Lipinski definition) is 5. The van der Waals surface area contributed by atoms with Gasteiger partial charge in [-0.2, -0.15) is 5.10 Å². The van der Waals surface area contributed by atoms with E-state index in [0.29, 0.717) is 18.5 Å². The lowest BCUT2D eigenvalue weighted by Gasteiger charge is -1.96.